The first-order valence-corrected chi connectivity index (χ1v) is 20.0. The van der Waals surface area contributed by atoms with Gasteiger partial charge in [-0.05, 0) is 18.8 Å². The van der Waals surface area contributed by atoms with Crippen molar-refractivity contribution in [2.24, 2.45) is 5.41 Å². The molecule has 0 N–H and O–H groups in total. The van der Waals surface area contributed by atoms with Gasteiger partial charge in [0, 0.05) is 76.1 Å². The Morgan fingerprint density at radius 3 is 1.18 bits per heavy atom. The third-order valence-corrected chi connectivity index (χ3v) is 20.8. The van der Waals surface area contributed by atoms with E-state index in [-0.39, 0.29) is 5.41 Å². The summed E-state index contributed by atoms with van der Waals surface area (Å²) in [6, 6.07) is 2.12. The highest BCUT2D eigenvalue weighted by molar-refractivity contribution is 6.82. The summed E-state index contributed by atoms with van der Waals surface area (Å²) < 4.78 is 58.1. The van der Waals surface area contributed by atoms with Gasteiger partial charge in [-0.1, -0.05) is 33.0 Å². The van der Waals surface area contributed by atoms with Crippen molar-refractivity contribution in [2.45, 2.75) is 63.6 Å². The van der Waals surface area contributed by atoms with Crippen LogP contribution in [0.1, 0.15) is 27.2 Å². The van der Waals surface area contributed by atoms with E-state index in [1.165, 1.54) is 0 Å². The predicted octanol–water partition coefficient (Wildman–Crippen LogP) is 3.56. The van der Waals surface area contributed by atoms with Gasteiger partial charge >= 0.3 is 26.7 Å². The predicted molar refractivity (Wildman–Crippen MR) is 140 cm³/mol. The van der Waals surface area contributed by atoms with Crippen LogP contribution in [0.4, 0.5) is 0 Å². The molecule has 0 fully saturated rings. The van der Waals surface area contributed by atoms with Gasteiger partial charge in [-0.2, -0.15) is 0 Å². The lowest BCUT2D eigenvalue weighted by atomic mass is 9.84. The van der Waals surface area contributed by atoms with Gasteiger partial charge in [-0.3, -0.25) is 0 Å². The van der Waals surface area contributed by atoms with Gasteiger partial charge in [-0.25, -0.2) is 0 Å². The van der Waals surface area contributed by atoms with Crippen molar-refractivity contribution in [3.8, 4) is 0 Å². The Bertz CT molecular complexity index is 521. The van der Waals surface area contributed by atoms with Gasteiger partial charge in [0.25, 0.3) is 0 Å². The zero-order valence-corrected chi connectivity index (χ0v) is 27.9. The third-order valence-electron chi connectivity index (χ3n) is 7.64. The maximum atomic E-state index is 6.86. The number of rotatable bonds is 19. The molecule has 0 bridgehead atoms. The lowest BCUT2D eigenvalue weighted by Gasteiger charge is -2.55. The maximum Gasteiger partial charge on any atom is 0.679 e. The molecular formula is C20H50O10Si4. The zero-order valence-electron chi connectivity index (χ0n) is 23.9. The molecule has 0 amide bonds. The highest BCUT2D eigenvalue weighted by Crippen LogP contribution is 2.49. The molecule has 0 aliphatic heterocycles. The summed E-state index contributed by atoms with van der Waals surface area (Å²) >= 11 is 0. The van der Waals surface area contributed by atoms with Crippen LogP contribution < -0.4 is 0 Å². The molecule has 1 atom stereocenters. The van der Waals surface area contributed by atoms with E-state index in [2.05, 4.69) is 33.9 Å². The van der Waals surface area contributed by atoms with Gasteiger partial charge in [0.2, 0.25) is 0 Å². The quantitative estimate of drug-likeness (QED) is 0.218. The molecule has 1 unspecified atom stereocenters. The molecule has 34 heavy (non-hydrogen) atoms. The Hall–Kier alpha value is 0.468. The highest BCUT2D eigenvalue weighted by atomic mass is 28.4. The fourth-order valence-corrected chi connectivity index (χ4v) is 16.7. The monoisotopic (exact) mass is 562 g/mol. The van der Waals surface area contributed by atoms with Gasteiger partial charge < -0.3 is 44.3 Å². The average molecular weight is 563 g/mol. The molecule has 0 spiro atoms. The molecular weight excluding hydrogens is 513 g/mol. The minimum atomic E-state index is -3.40. The molecule has 0 saturated carbocycles. The van der Waals surface area contributed by atoms with Crippen LogP contribution in [-0.4, -0.2) is 104 Å². The fourth-order valence-electron chi connectivity index (χ4n) is 4.34. The minimum absolute atomic E-state index is 0.359. The van der Waals surface area contributed by atoms with Crippen molar-refractivity contribution in [3.05, 3.63) is 0 Å². The number of hydrogen-bond acceptors (Lipinski definition) is 10. The molecule has 0 heterocycles. The van der Waals surface area contributed by atoms with E-state index in [0.29, 0.717) is 12.1 Å². The van der Waals surface area contributed by atoms with Crippen molar-refractivity contribution in [1.29, 1.82) is 0 Å². The first-order valence-electron chi connectivity index (χ1n) is 11.3. The maximum absolute atomic E-state index is 6.86. The van der Waals surface area contributed by atoms with Gasteiger partial charge in [0.1, 0.15) is 0 Å². The van der Waals surface area contributed by atoms with Crippen LogP contribution in [0.15, 0.2) is 0 Å². The third kappa shape index (κ3) is 7.50. The van der Waals surface area contributed by atoms with E-state index >= 15 is 0 Å². The smallest absolute Gasteiger partial charge is 0.377 e. The molecule has 0 aromatic carbocycles. The van der Waals surface area contributed by atoms with Crippen LogP contribution in [0.2, 0.25) is 31.2 Å². The molecule has 0 aromatic heterocycles. The second kappa shape index (κ2) is 13.9. The molecule has 0 aliphatic carbocycles. The van der Waals surface area contributed by atoms with E-state index in [1.54, 1.807) is 64.0 Å². The van der Waals surface area contributed by atoms with Crippen LogP contribution in [-0.2, 0) is 44.3 Å². The Morgan fingerprint density at radius 1 is 0.500 bits per heavy atom. The highest BCUT2D eigenvalue weighted by Gasteiger charge is 2.61. The first-order chi connectivity index (χ1) is 15.7. The van der Waals surface area contributed by atoms with E-state index < -0.39 is 40.0 Å². The normalized spacial score (nSPS) is 16.1. The van der Waals surface area contributed by atoms with Crippen LogP contribution in [0, 0.1) is 5.41 Å². The molecule has 0 saturated heterocycles. The first kappa shape index (κ1) is 34.5. The Balaban J connectivity index is 6.41. The van der Waals surface area contributed by atoms with Crippen molar-refractivity contribution in [3.63, 3.8) is 0 Å². The van der Waals surface area contributed by atoms with E-state index in [1.807, 2.05) is 0 Å². The average Bonchev–Trinajstić information content (AvgIpc) is 2.84. The summed E-state index contributed by atoms with van der Waals surface area (Å²) in [5, 5.41) is -0.654. The van der Waals surface area contributed by atoms with Crippen molar-refractivity contribution in [2.75, 3.05) is 64.0 Å². The lowest BCUT2D eigenvalue weighted by molar-refractivity contribution is -0.0797. The van der Waals surface area contributed by atoms with Crippen LogP contribution in [0.3, 0.4) is 0 Å². The Morgan fingerprint density at radius 2 is 0.853 bits per heavy atom. The fraction of sp³-hybridized carbons (Fsp3) is 1.00. The molecule has 10 nitrogen and oxygen atoms in total. The molecule has 0 aliphatic rings. The second-order valence-electron chi connectivity index (χ2n) is 9.61. The van der Waals surface area contributed by atoms with Gasteiger partial charge in [0.05, 0.1) is 13.3 Å². The van der Waals surface area contributed by atoms with Crippen LogP contribution in [0.5, 0.6) is 0 Å². The summed E-state index contributed by atoms with van der Waals surface area (Å²) in [5.41, 5.74) is -0.359. The molecule has 0 aromatic rings. The Labute approximate surface area is 212 Å². The van der Waals surface area contributed by atoms with Crippen molar-refractivity contribution in [1.82, 2.24) is 0 Å². The van der Waals surface area contributed by atoms with E-state index in [0.717, 1.165) is 12.5 Å². The molecule has 0 rings (SSSR count). The summed E-state index contributed by atoms with van der Waals surface area (Å²) in [4.78, 5) is 0. The molecule has 14 heteroatoms. The van der Waals surface area contributed by atoms with Crippen LogP contribution in [0.25, 0.3) is 0 Å². The zero-order chi connectivity index (χ0) is 26.9. The summed E-state index contributed by atoms with van der Waals surface area (Å²) in [5.74, 6) is 0. The van der Waals surface area contributed by atoms with Gasteiger partial charge in [0.15, 0.2) is 0 Å². The topological polar surface area (TPSA) is 92.3 Å². The largest absolute Gasteiger partial charge is 0.679 e. The second-order valence-corrected chi connectivity index (χ2v) is 23.4. The standard InChI is InChI=1S/C20H50O10Si4/c1-19(2,15-16-32(21-4,22-5)23-6)20(3,30-34(27-10,28-11)29-12)31(13,14)17-18-33(24-7,25-8)26-9/h15-18H2,1-14H3. The van der Waals surface area contributed by atoms with Crippen molar-refractivity contribution >= 4 is 34.7 Å². The Kier molecular flexibility index (Phi) is 14.0. The molecule has 0 radical (unpaired) electrons. The van der Waals surface area contributed by atoms with Gasteiger partial charge in [-0.15, -0.1) is 0 Å². The number of hydrogen-bond donors (Lipinski definition) is 0. The SMILES string of the molecule is CO[Si](CCC(C)(C)C(C)(O[Si](OC)(OC)OC)[Si](C)(C)CC[Si](OC)(OC)OC)(OC)OC. The summed E-state index contributed by atoms with van der Waals surface area (Å²) in [6.45, 7) is 11.1. The van der Waals surface area contributed by atoms with Crippen molar-refractivity contribution < 1.29 is 44.3 Å². The lowest BCUT2D eigenvalue weighted by Crippen LogP contribution is -2.68. The molecule has 206 valence electrons. The van der Waals surface area contributed by atoms with Crippen LogP contribution >= 0.6 is 0 Å². The summed E-state index contributed by atoms with van der Waals surface area (Å²) in [7, 11) is 3.22. The minimum Gasteiger partial charge on any atom is -0.377 e. The van der Waals surface area contributed by atoms with E-state index in [4.69, 9.17) is 44.3 Å². The van der Waals surface area contributed by atoms with E-state index in [9.17, 15) is 0 Å². The summed E-state index contributed by atoms with van der Waals surface area (Å²) in [6.07, 6.45) is 0.727.